The maximum absolute atomic E-state index is 11.5. The molecule has 2 rings (SSSR count). The Balaban J connectivity index is 2.41. The van der Waals surface area contributed by atoms with E-state index >= 15 is 0 Å². The van der Waals surface area contributed by atoms with E-state index in [2.05, 4.69) is 0 Å². The minimum absolute atomic E-state index is 0.121. The third kappa shape index (κ3) is 3.51. The normalized spacial score (nSPS) is 11.1. The summed E-state index contributed by atoms with van der Waals surface area (Å²) in [6, 6.07) is 10.4. The summed E-state index contributed by atoms with van der Waals surface area (Å²) in [4.78, 5) is 11.5. The highest BCUT2D eigenvalue weighted by Gasteiger charge is 2.13. The Morgan fingerprint density at radius 2 is 1.86 bits per heavy atom. The first kappa shape index (κ1) is 14.9. The standard InChI is InChI=1S/C14H14N2O4S/c1-21(18,19)11-4-2-3-10(8-11)20-13-6-5-9(15)7-12(13)14(16)17/h2-8H,15H2,1H3,(H2,16,17). The van der Waals surface area contributed by atoms with Crippen LogP contribution in [0.2, 0.25) is 0 Å². The molecule has 0 heterocycles. The van der Waals surface area contributed by atoms with Crippen LogP contribution in [-0.2, 0) is 9.84 Å². The van der Waals surface area contributed by atoms with Crippen molar-refractivity contribution in [1.82, 2.24) is 0 Å². The van der Waals surface area contributed by atoms with E-state index in [4.69, 9.17) is 16.2 Å². The fraction of sp³-hybridized carbons (Fsp3) is 0.0714. The molecule has 0 aromatic heterocycles. The van der Waals surface area contributed by atoms with Crippen LogP contribution in [-0.4, -0.2) is 20.6 Å². The molecule has 0 atom stereocenters. The summed E-state index contributed by atoms with van der Waals surface area (Å²) in [5, 5.41) is 0. The maximum Gasteiger partial charge on any atom is 0.252 e. The summed E-state index contributed by atoms with van der Waals surface area (Å²) in [6.07, 6.45) is 1.10. The highest BCUT2D eigenvalue weighted by Crippen LogP contribution is 2.28. The Hall–Kier alpha value is -2.54. The number of hydrogen-bond acceptors (Lipinski definition) is 5. The third-order valence-corrected chi connectivity index (χ3v) is 3.84. The quantitative estimate of drug-likeness (QED) is 0.832. The average Bonchev–Trinajstić information content (AvgIpc) is 2.40. The van der Waals surface area contributed by atoms with E-state index in [0.717, 1.165) is 6.26 Å². The van der Waals surface area contributed by atoms with Crippen LogP contribution in [0.15, 0.2) is 47.4 Å². The monoisotopic (exact) mass is 306 g/mol. The Labute approximate surface area is 122 Å². The lowest BCUT2D eigenvalue weighted by Crippen LogP contribution is -2.12. The minimum atomic E-state index is -3.34. The number of primary amides is 1. The Kier molecular flexibility index (Phi) is 3.86. The predicted molar refractivity (Wildman–Crippen MR) is 79.0 cm³/mol. The number of anilines is 1. The van der Waals surface area contributed by atoms with Crippen molar-refractivity contribution in [2.24, 2.45) is 5.73 Å². The molecule has 0 aliphatic carbocycles. The number of sulfone groups is 1. The number of rotatable bonds is 4. The van der Waals surface area contributed by atoms with E-state index in [9.17, 15) is 13.2 Å². The van der Waals surface area contributed by atoms with Gasteiger partial charge in [-0.25, -0.2) is 8.42 Å². The number of nitrogen functional groups attached to an aromatic ring is 1. The molecule has 0 unspecified atom stereocenters. The van der Waals surface area contributed by atoms with Crippen molar-refractivity contribution in [2.75, 3.05) is 12.0 Å². The molecule has 7 heteroatoms. The smallest absolute Gasteiger partial charge is 0.252 e. The van der Waals surface area contributed by atoms with Gasteiger partial charge in [-0.3, -0.25) is 4.79 Å². The average molecular weight is 306 g/mol. The molecule has 1 amide bonds. The van der Waals surface area contributed by atoms with E-state index in [1.54, 1.807) is 18.2 Å². The molecule has 0 spiro atoms. The molecular formula is C14H14N2O4S. The summed E-state index contributed by atoms with van der Waals surface area (Å²) in [6.45, 7) is 0. The van der Waals surface area contributed by atoms with Gasteiger partial charge in [0.05, 0.1) is 10.5 Å². The topological polar surface area (TPSA) is 112 Å². The van der Waals surface area contributed by atoms with E-state index in [1.165, 1.54) is 24.3 Å². The molecule has 110 valence electrons. The van der Waals surface area contributed by atoms with Gasteiger partial charge < -0.3 is 16.2 Å². The van der Waals surface area contributed by atoms with Crippen LogP contribution < -0.4 is 16.2 Å². The van der Waals surface area contributed by atoms with Gasteiger partial charge in [0, 0.05) is 11.9 Å². The van der Waals surface area contributed by atoms with Crippen LogP contribution in [0.1, 0.15) is 10.4 Å². The van der Waals surface area contributed by atoms with Crippen molar-refractivity contribution in [3.63, 3.8) is 0 Å². The highest BCUT2D eigenvalue weighted by molar-refractivity contribution is 7.90. The number of benzene rings is 2. The molecule has 0 aliphatic heterocycles. The number of carbonyl (C=O) groups is 1. The van der Waals surface area contributed by atoms with Crippen LogP contribution in [0.3, 0.4) is 0 Å². The fourth-order valence-electron chi connectivity index (χ4n) is 1.72. The van der Waals surface area contributed by atoms with Crippen molar-refractivity contribution in [1.29, 1.82) is 0 Å². The zero-order valence-electron chi connectivity index (χ0n) is 11.2. The van der Waals surface area contributed by atoms with Crippen LogP contribution >= 0.6 is 0 Å². The molecule has 2 aromatic rings. The third-order valence-electron chi connectivity index (χ3n) is 2.73. The van der Waals surface area contributed by atoms with Gasteiger partial charge in [-0.1, -0.05) is 6.07 Å². The number of ether oxygens (including phenoxy) is 1. The van der Waals surface area contributed by atoms with Gasteiger partial charge in [-0.2, -0.15) is 0 Å². The lowest BCUT2D eigenvalue weighted by atomic mass is 10.1. The van der Waals surface area contributed by atoms with Gasteiger partial charge in [-0.15, -0.1) is 0 Å². The first-order chi connectivity index (χ1) is 9.77. The molecule has 0 fully saturated rings. The molecule has 0 bridgehead atoms. The molecule has 2 aromatic carbocycles. The van der Waals surface area contributed by atoms with Gasteiger partial charge >= 0.3 is 0 Å². The Morgan fingerprint density at radius 1 is 1.14 bits per heavy atom. The van der Waals surface area contributed by atoms with Crippen molar-refractivity contribution in [3.8, 4) is 11.5 Å². The number of hydrogen-bond donors (Lipinski definition) is 2. The van der Waals surface area contributed by atoms with Crippen molar-refractivity contribution in [3.05, 3.63) is 48.0 Å². The van der Waals surface area contributed by atoms with E-state index < -0.39 is 15.7 Å². The summed E-state index contributed by atoms with van der Waals surface area (Å²) in [7, 11) is -3.34. The molecule has 21 heavy (non-hydrogen) atoms. The molecule has 0 aliphatic rings. The second kappa shape index (κ2) is 5.45. The lowest BCUT2D eigenvalue weighted by Gasteiger charge is -2.10. The summed E-state index contributed by atoms with van der Waals surface area (Å²) in [5.41, 5.74) is 11.4. The second-order valence-electron chi connectivity index (χ2n) is 4.47. The van der Waals surface area contributed by atoms with Gasteiger partial charge in [0.1, 0.15) is 11.5 Å². The number of amides is 1. The Morgan fingerprint density at radius 3 is 2.48 bits per heavy atom. The molecule has 0 saturated carbocycles. The molecule has 0 radical (unpaired) electrons. The first-order valence-electron chi connectivity index (χ1n) is 5.94. The molecule has 0 saturated heterocycles. The van der Waals surface area contributed by atoms with Crippen LogP contribution in [0.25, 0.3) is 0 Å². The van der Waals surface area contributed by atoms with Gasteiger partial charge in [0.25, 0.3) is 5.91 Å². The lowest BCUT2D eigenvalue weighted by molar-refractivity contribution is 0.0998. The van der Waals surface area contributed by atoms with E-state index in [1.807, 2.05) is 0 Å². The van der Waals surface area contributed by atoms with E-state index in [0.29, 0.717) is 5.69 Å². The predicted octanol–water partition coefficient (Wildman–Crippen LogP) is 1.56. The zero-order chi connectivity index (χ0) is 15.6. The van der Waals surface area contributed by atoms with Crippen molar-refractivity contribution >= 4 is 21.4 Å². The van der Waals surface area contributed by atoms with Gasteiger partial charge in [-0.05, 0) is 36.4 Å². The maximum atomic E-state index is 11.5. The summed E-state index contributed by atoms with van der Waals surface area (Å²) < 4.78 is 28.6. The molecule has 4 N–H and O–H groups in total. The zero-order valence-corrected chi connectivity index (χ0v) is 12.1. The molecule has 6 nitrogen and oxygen atoms in total. The minimum Gasteiger partial charge on any atom is -0.456 e. The second-order valence-corrected chi connectivity index (χ2v) is 6.48. The Bertz CT molecular complexity index is 800. The summed E-state index contributed by atoms with van der Waals surface area (Å²) >= 11 is 0. The van der Waals surface area contributed by atoms with Crippen LogP contribution in [0, 0.1) is 0 Å². The fourth-order valence-corrected chi connectivity index (χ4v) is 2.38. The SMILES string of the molecule is CS(=O)(=O)c1cccc(Oc2ccc(N)cc2C(N)=O)c1. The van der Waals surface area contributed by atoms with Crippen molar-refractivity contribution in [2.45, 2.75) is 4.90 Å². The first-order valence-corrected chi connectivity index (χ1v) is 7.84. The summed E-state index contributed by atoms with van der Waals surface area (Å²) in [5.74, 6) is -0.191. The van der Waals surface area contributed by atoms with Gasteiger partial charge in [0.2, 0.25) is 0 Å². The van der Waals surface area contributed by atoms with Gasteiger partial charge in [0.15, 0.2) is 9.84 Å². The van der Waals surface area contributed by atoms with Crippen molar-refractivity contribution < 1.29 is 17.9 Å². The van der Waals surface area contributed by atoms with E-state index in [-0.39, 0.29) is 22.0 Å². The molecular weight excluding hydrogens is 292 g/mol. The largest absolute Gasteiger partial charge is 0.456 e. The van der Waals surface area contributed by atoms with Crippen LogP contribution in [0.4, 0.5) is 5.69 Å². The number of nitrogens with two attached hydrogens (primary N) is 2. The van der Waals surface area contributed by atoms with Crippen LogP contribution in [0.5, 0.6) is 11.5 Å². The number of carbonyl (C=O) groups excluding carboxylic acids is 1. The highest BCUT2D eigenvalue weighted by atomic mass is 32.2.